The number of sulfonamides is 1. The number of benzene rings is 2. The van der Waals surface area contributed by atoms with Crippen LogP contribution >= 0.6 is 11.6 Å². The summed E-state index contributed by atoms with van der Waals surface area (Å²) >= 11 is 5.80. The first kappa shape index (κ1) is 20.0. The summed E-state index contributed by atoms with van der Waals surface area (Å²) in [7, 11) is -3.84. The third-order valence-corrected chi connectivity index (χ3v) is 5.92. The zero-order valence-electron chi connectivity index (χ0n) is 15.5. The molecule has 8 nitrogen and oxygen atoms in total. The van der Waals surface area contributed by atoms with Gasteiger partial charge in [-0.3, -0.25) is 14.5 Å². The van der Waals surface area contributed by atoms with Crippen molar-refractivity contribution < 1.29 is 22.7 Å². The number of nitrogens with zero attached hydrogens (tertiary/aromatic N) is 1. The average Bonchev–Trinajstić information content (AvgIpc) is 3.20. The molecule has 1 aliphatic heterocycles. The zero-order chi connectivity index (χ0) is 21.1. The fourth-order valence-corrected chi connectivity index (χ4v) is 3.94. The second-order valence-electron chi connectivity index (χ2n) is 6.39. The largest absolute Gasteiger partial charge is 0.454 e. The van der Waals surface area contributed by atoms with E-state index in [-0.39, 0.29) is 29.5 Å². The summed E-state index contributed by atoms with van der Waals surface area (Å²) < 4.78 is 38.0. The Bertz CT molecular complexity index is 1200. The van der Waals surface area contributed by atoms with Gasteiger partial charge in [-0.1, -0.05) is 17.7 Å². The lowest BCUT2D eigenvalue weighted by molar-refractivity contribution is 0.0950. The first-order chi connectivity index (χ1) is 14.4. The van der Waals surface area contributed by atoms with Gasteiger partial charge in [-0.15, -0.1) is 0 Å². The summed E-state index contributed by atoms with van der Waals surface area (Å²) in [6, 6.07) is 12.5. The number of ether oxygens (including phenoxy) is 2. The molecule has 0 aliphatic carbocycles. The van der Waals surface area contributed by atoms with E-state index in [1.165, 1.54) is 42.7 Å². The number of hydrogen-bond donors (Lipinski definition) is 2. The molecule has 0 saturated carbocycles. The van der Waals surface area contributed by atoms with E-state index in [4.69, 9.17) is 21.1 Å². The van der Waals surface area contributed by atoms with E-state index in [1.807, 2.05) is 6.07 Å². The molecule has 0 fully saturated rings. The standard InChI is InChI=1S/C20H16ClN3O5S/c21-15-2-4-17(5-3-15)30(26,27)24-16-8-14(10-22-11-16)20(25)23-9-13-1-6-18-19(7-13)29-12-28-18/h1-8,10-11,24H,9,12H2,(H,23,25). The number of carbonyl (C=O) groups is 1. The first-order valence-electron chi connectivity index (χ1n) is 8.81. The number of carbonyl (C=O) groups excluding carboxylic acids is 1. The molecule has 3 aromatic rings. The second-order valence-corrected chi connectivity index (χ2v) is 8.51. The molecule has 2 N–H and O–H groups in total. The van der Waals surface area contributed by atoms with Crippen molar-refractivity contribution in [2.24, 2.45) is 0 Å². The Hall–Kier alpha value is -3.30. The van der Waals surface area contributed by atoms with Gasteiger partial charge in [-0.05, 0) is 48.0 Å². The van der Waals surface area contributed by atoms with E-state index in [9.17, 15) is 13.2 Å². The molecule has 1 aromatic heterocycles. The third-order valence-electron chi connectivity index (χ3n) is 4.27. The molecule has 2 aromatic carbocycles. The molecule has 4 rings (SSSR count). The molecule has 1 aliphatic rings. The highest BCUT2D eigenvalue weighted by Crippen LogP contribution is 2.32. The van der Waals surface area contributed by atoms with Crippen LogP contribution in [0.15, 0.2) is 65.8 Å². The van der Waals surface area contributed by atoms with Crippen LogP contribution in [0.5, 0.6) is 11.5 Å². The van der Waals surface area contributed by atoms with E-state index in [0.29, 0.717) is 16.5 Å². The van der Waals surface area contributed by atoms with Crippen LogP contribution in [0.4, 0.5) is 5.69 Å². The van der Waals surface area contributed by atoms with E-state index < -0.39 is 15.9 Å². The van der Waals surface area contributed by atoms with Crippen molar-refractivity contribution in [1.29, 1.82) is 0 Å². The van der Waals surface area contributed by atoms with Gasteiger partial charge in [0.15, 0.2) is 11.5 Å². The Morgan fingerprint density at radius 2 is 1.80 bits per heavy atom. The maximum Gasteiger partial charge on any atom is 0.261 e. The molecule has 2 heterocycles. The maximum atomic E-state index is 12.5. The Morgan fingerprint density at radius 3 is 2.60 bits per heavy atom. The highest BCUT2D eigenvalue weighted by atomic mass is 35.5. The summed E-state index contributed by atoms with van der Waals surface area (Å²) in [5, 5.41) is 3.19. The number of rotatable bonds is 6. The molecule has 0 saturated heterocycles. The topological polar surface area (TPSA) is 107 Å². The smallest absolute Gasteiger partial charge is 0.261 e. The van der Waals surface area contributed by atoms with Crippen molar-refractivity contribution in [2.45, 2.75) is 11.4 Å². The van der Waals surface area contributed by atoms with E-state index in [0.717, 1.165) is 5.56 Å². The van der Waals surface area contributed by atoms with Gasteiger partial charge in [0.1, 0.15) is 0 Å². The number of halogens is 1. The lowest BCUT2D eigenvalue weighted by Gasteiger charge is -2.10. The maximum absolute atomic E-state index is 12.5. The van der Waals surface area contributed by atoms with Gasteiger partial charge in [0.2, 0.25) is 6.79 Å². The molecule has 0 spiro atoms. The Balaban J connectivity index is 1.43. The number of nitrogens with one attached hydrogen (secondary N) is 2. The van der Waals surface area contributed by atoms with Gasteiger partial charge in [-0.2, -0.15) is 0 Å². The summed E-state index contributed by atoms with van der Waals surface area (Å²) in [6.07, 6.45) is 2.68. The van der Waals surface area contributed by atoms with E-state index in [2.05, 4.69) is 15.0 Å². The third kappa shape index (κ3) is 4.47. The molecule has 1 amide bonds. The van der Waals surface area contributed by atoms with Crippen LogP contribution < -0.4 is 19.5 Å². The second kappa shape index (κ2) is 8.21. The summed E-state index contributed by atoms with van der Waals surface area (Å²) in [5.74, 6) is 0.893. The molecule has 30 heavy (non-hydrogen) atoms. The summed E-state index contributed by atoms with van der Waals surface area (Å²) in [6.45, 7) is 0.436. The fourth-order valence-electron chi connectivity index (χ4n) is 2.78. The molecule has 0 unspecified atom stereocenters. The lowest BCUT2D eigenvalue weighted by atomic mass is 10.2. The monoisotopic (exact) mass is 445 g/mol. The minimum atomic E-state index is -3.84. The summed E-state index contributed by atoms with van der Waals surface area (Å²) in [5.41, 5.74) is 1.22. The lowest BCUT2D eigenvalue weighted by Crippen LogP contribution is -2.23. The van der Waals surface area contributed by atoms with Gasteiger partial charge < -0.3 is 14.8 Å². The van der Waals surface area contributed by atoms with Gasteiger partial charge in [-0.25, -0.2) is 8.42 Å². The zero-order valence-corrected chi connectivity index (χ0v) is 17.0. The normalized spacial score (nSPS) is 12.4. The Kier molecular flexibility index (Phi) is 5.47. The quantitative estimate of drug-likeness (QED) is 0.603. The van der Waals surface area contributed by atoms with Crippen molar-refractivity contribution in [3.63, 3.8) is 0 Å². The van der Waals surface area contributed by atoms with Crippen LogP contribution in [0.1, 0.15) is 15.9 Å². The Labute approximate surface area is 177 Å². The molecule has 10 heteroatoms. The molecular weight excluding hydrogens is 430 g/mol. The fraction of sp³-hybridized carbons (Fsp3) is 0.100. The predicted molar refractivity (Wildman–Crippen MR) is 110 cm³/mol. The van der Waals surface area contributed by atoms with E-state index >= 15 is 0 Å². The Morgan fingerprint density at radius 1 is 1.03 bits per heavy atom. The number of amides is 1. The SMILES string of the molecule is O=C(NCc1ccc2c(c1)OCO2)c1cncc(NS(=O)(=O)c2ccc(Cl)cc2)c1. The molecule has 0 atom stereocenters. The first-order valence-corrected chi connectivity index (χ1v) is 10.7. The highest BCUT2D eigenvalue weighted by Gasteiger charge is 2.16. The van der Waals surface area contributed by atoms with Gasteiger partial charge in [0.05, 0.1) is 22.3 Å². The molecular formula is C20H16ClN3O5S. The van der Waals surface area contributed by atoms with Gasteiger partial charge >= 0.3 is 0 Å². The molecule has 0 bridgehead atoms. The van der Waals surface area contributed by atoms with Crippen LogP contribution in [0.25, 0.3) is 0 Å². The average molecular weight is 446 g/mol. The number of hydrogen-bond acceptors (Lipinski definition) is 6. The van der Waals surface area contributed by atoms with Crippen molar-refractivity contribution in [3.8, 4) is 11.5 Å². The summed E-state index contributed by atoms with van der Waals surface area (Å²) in [4.78, 5) is 16.5. The van der Waals surface area contributed by atoms with Crippen molar-refractivity contribution in [2.75, 3.05) is 11.5 Å². The highest BCUT2D eigenvalue weighted by molar-refractivity contribution is 7.92. The predicted octanol–water partition coefficient (Wildman–Crippen LogP) is 3.19. The van der Waals surface area contributed by atoms with Crippen LogP contribution in [0.2, 0.25) is 5.02 Å². The van der Waals surface area contributed by atoms with E-state index in [1.54, 1.807) is 12.1 Å². The number of anilines is 1. The van der Waals surface area contributed by atoms with Gasteiger partial charge in [0, 0.05) is 17.8 Å². The van der Waals surface area contributed by atoms with Crippen LogP contribution in [-0.2, 0) is 16.6 Å². The van der Waals surface area contributed by atoms with Gasteiger partial charge in [0.25, 0.3) is 15.9 Å². The van der Waals surface area contributed by atoms with Crippen LogP contribution in [0.3, 0.4) is 0 Å². The minimum Gasteiger partial charge on any atom is -0.454 e. The minimum absolute atomic E-state index is 0.0459. The number of pyridine rings is 1. The number of aromatic nitrogens is 1. The van der Waals surface area contributed by atoms with Crippen molar-refractivity contribution >= 4 is 33.2 Å². The molecule has 154 valence electrons. The van der Waals surface area contributed by atoms with Crippen molar-refractivity contribution in [1.82, 2.24) is 10.3 Å². The molecule has 0 radical (unpaired) electrons. The van der Waals surface area contributed by atoms with Crippen LogP contribution in [-0.4, -0.2) is 26.1 Å². The number of fused-ring (bicyclic) bond motifs is 1. The van der Waals surface area contributed by atoms with Crippen LogP contribution in [0, 0.1) is 0 Å². The van der Waals surface area contributed by atoms with Crippen molar-refractivity contribution in [3.05, 3.63) is 77.1 Å².